The Morgan fingerprint density at radius 1 is 1.23 bits per heavy atom. The summed E-state index contributed by atoms with van der Waals surface area (Å²) >= 11 is 0. The summed E-state index contributed by atoms with van der Waals surface area (Å²) in [6.45, 7) is 4.09. The van der Waals surface area contributed by atoms with Crippen molar-refractivity contribution in [2.45, 2.75) is 70.3 Å². The molecule has 0 aliphatic heterocycles. The van der Waals surface area contributed by atoms with Crippen molar-refractivity contribution in [3.63, 3.8) is 0 Å². The van der Waals surface area contributed by atoms with Gasteiger partial charge in [-0.1, -0.05) is 26.0 Å². The fourth-order valence-electron chi connectivity index (χ4n) is 4.52. The molecule has 2 aromatic rings. The lowest BCUT2D eigenvalue weighted by atomic mass is 9.98. The Balaban J connectivity index is 1.55. The fourth-order valence-corrected chi connectivity index (χ4v) is 4.52. The van der Waals surface area contributed by atoms with Gasteiger partial charge in [-0.3, -0.25) is 4.79 Å². The highest BCUT2D eigenvalue weighted by Gasteiger charge is 2.29. The zero-order valence-corrected chi connectivity index (χ0v) is 18.9. The number of rotatable bonds is 8. The van der Waals surface area contributed by atoms with Crippen LogP contribution in [0.3, 0.4) is 0 Å². The summed E-state index contributed by atoms with van der Waals surface area (Å²) in [5.41, 5.74) is 3.47. The normalized spacial score (nSPS) is 18.4. The zero-order chi connectivity index (χ0) is 22.5. The second-order valence-corrected chi connectivity index (χ2v) is 8.83. The van der Waals surface area contributed by atoms with Crippen LogP contribution in [-0.2, 0) is 18.2 Å². The molecule has 168 valence electrons. The van der Waals surface area contributed by atoms with Gasteiger partial charge in [0.15, 0.2) is 5.78 Å². The second-order valence-electron chi connectivity index (χ2n) is 8.83. The Morgan fingerprint density at radius 3 is 2.68 bits per heavy atom. The first kappa shape index (κ1) is 23.0. The van der Waals surface area contributed by atoms with E-state index in [1.54, 1.807) is 6.07 Å². The number of alkyl carbamates (subject to hydrolysis) is 1. The molecule has 1 aromatic heterocycles. The average Bonchev–Trinajstić information content (AvgIpc) is 3.35. The maximum atomic E-state index is 14.3. The number of hydrogen-bond acceptors (Lipinski definition) is 3. The summed E-state index contributed by atoms with van der Waals surface area (Å²) in [4.78, 5) is 24.2. The van der Waals surface area contributed by atoms with Gasteiger partial charge in [-0.15, -0.1) is 0 Å². The first-order chi connectivity index (χ1) is 14.8. The standard InChI is InChI=1S/C25H33FN2O3/c1-16(2)18-9-8-17(21(26)15-18)6-5-7-24(29)23-13-12-22(28(23)3)19-10-11-20(14-19)27-25(30)31-4/h8-9,12-13,15-16,19-20H,5-7,10-11,14H2,1-4H3,(H,27,30)/t19-,20+/m0/s1. The van der Waals surface area contributed by atoms with Crippen LogP contribution in [0.5, 0.6) is 0 Å². The van der Waals surface area contributed by atoms with Crippen LogP contribution >= 0.6 is 0 Å². The molecular formula is C25H33FN2O3. The number of aryl methyl sites for hydroxylation is 1. The first-order valence-electron chi connectivity index (χ1n) is 11.1. The van der Waals surface area contributed by atoms with E-state index < -0.39 is 6.09 Å². The smallest absolute Gasteiger partial charge is 0.407 e. The Morgan fingerprint density at radius 2 is 2.00 bits per heavy atom. The number of carbonyl (C=O) groups is 2. The van der Waals surface area contributed by atoms with Gasteiger partial charge in [-0.05, 0) is 67.3 Å². The number of hydrogen-bond donors (Lipinski definition) is 1. The van der Waals surface area contributed by atoms with Crippen LogP contribution in [-0.4, -0.2) is 29.6 Å². The predicted molar refractivity (Wildman–Crippen MR) is 119 cm³/mol. The molecule has 1 N–H and O–H groups in total. The van der Waals surface area contributed by atoms with Gasteiger partial charge < -0.3 is 14.6 Å². The van der Waals surface area contributed by atoms with Gasteiger partial charge >= 0.3 is 6.09 Å². The number of aromatic nitrogens is 1. The molecule has 0 spiro atoms. The summed E-state index contributed by atoms with van der Waals surface area (Å²) in [5.74, 6) is 0.497. The van der Waals surface area contributed by atoms with Gasteiger partial charge in [0.05, 0.1) is 12.8 Å². The third-order valence-electron chi connectivity index (χ3n) is 6.40. The van der Waals surface area contributed by atoms with E-state index in [0.717, 1.165) is 30.5 Å². The Bertz CT molecular complexity index is 935. The van der Waals surface area contributed by atoms with E-state index in [0.29, 0.717) is 42.4 Å². The second kappa shape index (κ2) is 10.1. The molecular weight excluding hydrogens is 395 g/mol. The molecule has 5 nitrogen and oxygen atoms in total. The number of methoxy groups -OCH3 is 1. The van der Waals surface area contributed by atoms with Crippen molar-refractivity contribution in [1.82, 2.24) is 9.88 Å². The highest BCUT2D eigenvalue weighted by molar-refractivity contribution is 5.94. The minimum Gasteiger partial charge on any atom is -0.453 e. The maximum absolute atomic E-state index is 14.3. The zero-order valence-electron chi connectivity index (χ0n) is 18.9. The molecule has 31 heavy (non-hydrogen) atoms. The number of nitrogens with one attached hydrogen (secondary N) is 1. The van der Waals surface area contributed by atoms with E-state index in [2.05, 4.69) is 10.1 Å². The molecule has 1 aromatic carbocycles. The van der Waals surface area contributed by atoms with Crippen molar-refractivity contribution in [2.75, 3.05) is 7.11 Å². The molecule has 3 rings (SSSR count). The van der Waals surface area contributed by atoms with Gasteiger partial charge in [0.1, 0.15) is 5.82 Å². The molecule has 1 amide bonds. The van der Waals surface area contributed by atoms with E-state index in [1.165, 1.54) is 7.11 Å². The Hall–Kier alpha value is -2.63. The van der Waals surface area contributed by atoms with Gasteiger partial charge in [0.25, 0.3) is 0 Å². The van der Waals surface area contributed by atoms with Crippen molar-refractivity contribution in [3.05, 3.63) is 58.7 Å². The quantitative estimate of drug-likeness (QED) is 0.566. The molecule has 1 fully saturated rings. The minimum absolute atomic E-state index is 0.0789. The van der Waals surface area contributed by atoms with Gasteiger partial charge in [0.2, 0.25) is 0 Å². The molecule has 0 bridgehead atoms. The summed E-state index contributed by atoms with van der Waals surface area (Å²) in [5, 5.41) is 2.87. The molecule has 0 unspecified atom stereocenters. The fraction of sp³-hybridized carbons (Fsp3) is 0.520. The van der Waals surface area contributed by atoms with Gasteiger partial charge in [-0.25, -0.2) is 9.18 Å². The number of amides is 1. The summed E-state index contributed by atoms with van der Waals surface area (Å²) in [7, 11) is 3.29. The Kier molecular flexibility index (Phi) is 7.52. The number of benzene rings is 1. The van der Waals surface area contributed by atoms with Crippen molar-refractivity contribution < 1.29 is 18.7 Å². The minimum atomic E-state index is -0.399. The number of carbonyl (C=O) groups excluding carboxylic acids is 2. The largest absolute Gasteiger partial charge is 0.453 e. The number of ketones is 1. The monoisotopic (exact) mass is 428 g/mol. The molecule has 0 radical (unpaired) electrons. The molecule has 1 aliphatic carbocycles. The molecule has 1 saturated carbocycles. The number of nitrogens with zero attached hydrogens (tertiary/aromatic N) is 1. The molecule has 0 saturated heterocycles. The van der Waals surface area contributed by atoms with Crippen LogP contribution in [0.15, 0.2) is 30.3 Å². The van der Waals surface area contributed by atoms with E-state index in [-0.39, 0.29) is 17.6 Å². The van der Waals surface area contributed by atoms with Crippen LogP contribution in [0.2, 0.25) is 0 Å². The summed E-state index contributed by atoms with van der Waals surface area (Å²) in [6, 6.07) is 9.42. The topological polar surface area (TPSA) is 60.3 Å². The van der Waals surface area contributed by atoms with E-state index in [1.807, 2.05) is 49.7 Å². The van der Waals surface area contributed by atoms with Crippen LogP contribution in [0.4, 0.5) is 9.18 Å². The Labute approximate surface area is 184 Å². The average molecular weight is 429 g/mol. The van der Waals surface area contributed by atoms with E-state index >= 15 is 0 Å². The summed E-state index contributed by atoms with van der Waals surface area (Å²) < 4.78 is 21.0. The highest BCUT2D eigenvalue weighted by Crippen LogP contribution is 2.35. The van der Waals surface area contributed by atoms with Crippen molar-refractivity contribution in [2.24, 2.45) is 7.05 Å². The lowest BCUT2D eigenvalue weighted by Gasteiger charge is -2.14. The van der Waals surface area contributed by atoms with Crippen LogP contribution in [0.1, 0.15) is 85.1 Å². The molecule has 2 atom stereocenters. The molecule has 6 heteroatoms. The lowest BCUT2D eigenvalue weighted by molar-refractivity contribution is 0.0972. The predicted octanol–water partition coefficient (Wildman–Crippen LogP) is 5.49. The van der Waals surface area contributed by atoms with Crippen molar-refractivity contribution in [1.29, 1.82) is 0 Å². The number of ether oxygens (including phenoxy) is 1. The summed E-state index contributed by atoms with van der Waals surface area (Å²) in [6.07, 6.45) is 3.86. The SMILES string of the molecule is COC(=O)N[C@@H]1CC[C@H](c2ccc(C(=O)CCCc3ccc(C(C)C)cc3F)n2C)C1. The number of Topliss-reactive ketones (excluding diaryl/α,β-unsaturated/α-hetero) is 1. The lowest BCUT2D eigenvalue weighted by Crippen LogP contribution is -2.32. The van der Waals surface area contributed by atoms with Crippen LogP contribution in [0.25, 0.3) is 0 Å². The maximum Gasteiger partial charge on any atom is 0.407 e. The third kappa shape index (κ3) is 5.54. The van der Waals surface area contributed by atoms with Crippen molar-refractivity contribution in [3.8, 4) is 0 Å². The number of halogens is 1. The van der Waals surface area contributed by atoms with Gasteiger partial charge in [0, 0.05) is 31.1 Å². The third-order valence-corrected chi connectivity index (χ3v) is 6.40. The van der Waals surface area contributed by atoms with Gasteiger partial charge in [-0.2, -0.15) is 0 Å². The van der Waals surface area contributed by atoms with Crippen molar-refractivity contribution >= 4 is 11.9 Å². The molecule has 1 heterocycles. The first-order valence-corrected chi connectivity index (χ1v) is 11.1. The van der Waals surface area contributed by atoms with Crippen LogP contribution in [0, 0.1) is 5.82 Å². The van der Waals surface area contributed by atoms with Crippen LogP contribution < -0.4 is 5.32 Å². The van der Waals surface area contributed by atoms with E-state index in [9.17, 15) is 14.0 Å². The van der Waals surface area contributed by atoms with E-state index in [4.69, 9.17) is 0 Å². The highest BCUT2D eigenvalue weighted by atomic mass is 19.1. The molecule has 1 aliphatic rings.